The molecule has 0 aliphatic heterocycles. The second-order valence-corrected chi connectivity index (χ2v) is 4.27. The van der Waals surface area contributed by atoms with Crippen LogP contribution in [0.3, 0.4) is 0 Å². The fourth-order valence-corrected chi connectivity index (χ4v) is 1.67. The Morgan fingerprint density at radius 3 is 2.72 bits per heavy atom. The first-order chi connectivity index (χ1) is 8.54. The van der Waals surface area contributed by atoms with Crippen molar-refractivity contribution in [3.63, 3.8) is 0 Å². The quantitative estimate of drug-likeness (QED) is 0.372. The molecular formula is C14H14O4. The molecule has 1 aliphatic carbocycles. The van der Waals surface area contributed by atoms with E-state index in [1.54, 1.807) is 6.07 Å². The molecule has 1 atom stereocenters. The van der Waals surface area contributed by atoms with Gasteiger partial charge >= 0.3 is 5.97 Å². The van der Waals surface area contributed by atoms with E-state index in [1.165, 1.54) is 29.9 Å². The van der Waals surface area contributed by atoms with E-state index < -0.39 is 5.97 Å². The van der Waals surface area contributed by atoms with Crippen molar-refractivity contribution in [2.24, 2.45) is 0 Å². The van der Waals surface area contributed by atoms with E-state index in [1.807, 2.05) is 13.0 Å². The molecule has 1 aromatic carbocycles. The van der Waals surface area contributed by atoms with Crippen molar-refractivity contribution >= 4 is 12.0 Å². The Morgan fingerprint density at radius 1 is 1.39 bits per heavy atom. The minimum absolute atomic E-state index is 0.115. The van der Waals surface area contributed by atoms with E-state index in [0.29, 0.717) is 5.56 Å². The lowest BCUT2D eigenvalue weighted by Crippen LogP contribution is -2.21. The number of benzene rings is 1. The number of aromatic hydroxyl groups is 2. The highest BCUT2D eigenvalue weighted by atomic mass is 16.5. The summed E-state index contributed by atoms with van der Waals surface area (Å²) in [6.07, 6.45) is 5.40. The van der Waals surface area contributed by atoms with Gasteiger partial charge in [-0.25, -0.2) is 4.79 Å². The Morgan fingerprint density at radius 2 is 2.11 bits per heavy atom. The first-order valence-corrected chi connectivity index (χ1v) is 5.62. The van der Waals surface area contributed by atoms with Crippen LogP contribution < -0.4 is 0 Å². The first-order valence-electron chi connectivity index (χ1n) is 5.62. The zero-order chi connectivity index (χ0) is 13.1. The summed E-state index contributed by atoms with van der Waals surface area (Å²) < 4.78 is 5.12. The van der Waals surface area contributed by atoms with Crippen molar-refractivity contribution in [3.05, 3.63) is 41.5 Å². The van der Waals surface area contributed by atoms with E-state index in [-0.39, 0.29) is 17.6 Å². The summed E-state index contributed by atoms with van der Waals surface area (Å²) in [7, 11) is 0. The summed E-state index contributed by atoms with van der Waals surface area (Å²) in [5, 5.41) is 18.4. The van der Waals surface area contributed by atoms with Crippen LogP contribution in [0.15, 0.2) is 35.9 Å². The highest BCUT2D eigenvalue weighted by Gasteiger charge is 2.18. The summed E-state index contributed by atoms with van der Waals surface area (Å²) in [5.74, 6) is -0.829. The number of carbonyl (C=O) groups excluding carboxylic acids is 1. The van der Waals surface area contributed by atoms with Gasteiger partial charge in [0, 0.05) is 12.5 Å². The Hall–Kier alpha value is -2.23. The predicted molar refractivity (Wildman–Crippen MR) is 67.1 cm³/mol. The Kier molecular flexibility index (Phi) is 3.37. The number of hydrogen-bond donors (Lipinski definition) is 2. The second-order valence-electron chi connectivity index (χ2n) is 4.27. The van der Waals surface area contributed by atoms with Gasteiger partial charge in [0.05, 0.1) is 0 Å². The number of rotatable bonds is 3. The number of hydrogen-bond acceptors (Lipinski definition) is 4. The van der Waals surface area contributed by atoms with Gasteiger partial charge in [0.25, 0.3) is 0 Å². The maximum atomic E-state index is 11.4. The predicted octanol–water partition coefficient (Wildman–Crippen LogP) is 2.37. The molecule has 2 N–H and O–H groups in total. The van der Waals surface area contributed by atoms with Gasteiger partial charge in [-0.3, -0.25) is 0 Å². The van der Waals surface area contributed by atoms with Gasteiger partial charge in [-0.15, -0.1) is 0 Å². The summed E-state index contributed by atoms with van der Waals surface area (Å²) in [4.78, 5) is 11.4. The first kappa shape index (κ1) is 12.2. The average Bonchev–Trinajstić information content (AvgIpc) is 2.29. The molecule has 0 amide bonds. The summed E-state index contributed by atoms with van der Waals surface area (Å²) >= 11 is 0. The van der Waals surface area contributed by atoms with Crippen molar-refractivity contribution in [1.82, 2.24) is 0 Å². The van der Waals surface area contributed by atoms with Gasteiger partial charge in [-0.2, -0.15) is 0 Å². The third kappa shape index (κ3) is 2.91. The highest BCUT2D eigenvalue weighted by molar-refractivity contribution is 5.87. The minimum Gasteiger partial charge on any atom is -0.504 e. The van der Waals surface area contributed by atoms with Crippen LogP contribution >= 0.6 is 0 Å². The molecule has 0 heterocycles. The summed E-state index contributed by atoms with van der Waals surface area (Å²) in [6, 6.07) is 4.32. The van der Waals surface area contributed by atoms with Gasteiger partial charge in [-0.05, 0) is 36.8 Å². The highest BCUT2D eigenvalue weighted by Crippen LogP contribution is 2.25. The molecule has 0 saturated carbocycles. The third-order valence-corrected chi connectivity index (χ3v) is 2.67. The van der Waals surface area contributed by atoms with E-state index in [2.05, 4.69) is 0 Å². The van der Waals surface area contributed by atoms with E-state index in [9.17, 15) is 9.90 Å². The van der Waals surface area contributed by atoms with Crippen LogP contribution in [0.1, 0.15) is 18.9 Å². The van der Waals surface area contributed by atoms with Crippen LogP contribution in [0.25, 0.3) is 6.08 Å². The van der Waals surface area contributed by atoms with Gasteiger partial charge in [0.2, 0.25) is 0 Å². The Bertz CT molecular complexity index is 529. The number of carbonyl (C=O) groups is 1. The molecule has 0 spiro atoms. The number of ether oxygens (including phenoxy) is 1. The normalized spacial score (nSPS) is 18.3. The monoisotopic (exact) mass is 246 g/mol. The minimum atomic E-state index is -0.420. The lowest BCUT2D eigenvalue weighted by molar-refractivity contribution is -0.141. The lowest BCUT2D eigenvalue weighted by Gasteiger charge is -2.22. The van der Waals surface area contributed by atoms with Crippen LogP contribution in [-0.4, -0.2) is 22.3 Å². The molecule has 2 rings (SSSR count). The number of phenolic OH excluding ortho intramolecular Hbond substituents is 2. The fourth-order valence-electron chi connectivity index (χ4n) is 1.67. The number of phenols is 2. The van der Waals surface area contributed by atoms with E-state index in [0.717, 1.165) is 6.42 Å². The van der Waals surface area contributed by atoms with Crippen molar-refractivity contribution in [3.8, 4) is 11.5 Å². The molecule has 0 fully saturated rings. The number of esters is 1. The molecule has 4 heteroatoms. The van der Waals surface area contributed by atoms with Gasteiger partial charge in [-0.1, -0.05) is 11.6 Å². The van der Waals surface area contributed by atoms with Crippen LogP contribution in [-0.2, 0) is 9.53 Å². The molecule has 0 bridgehead atoms. The molecule has 94 valence electrons. The molecular weight excluding hydrogens is 232 g/mol. The fraction of sp³-hybridized carbons (Fsp3) is 0.214. The standard InChI is InChI=1S/C14H14O4/c1-9-6-11(7-9)18-14(17)5-3-10-2-4-12(15)13(16)8-10/h2-6,8,11,15-16H,7H2,1H3/b5-3+. The molecule has 0 saturated heterocycles. The molecule has 0 aromatic heterocycles. The van der Waals surface area contributed by atoms with Crippen molar-refractivity contribution in [2.45, 2.75) is 19.4 Å². The Balaban J connectivity index is 1.93. The zero-order valence-electron chi connectivity index (χ0n) is 9.96. The molecule has 1 unspecified atom stereocenters. The van der Waals surface area contributed by atoms with Crippen LogP contribution in [0, 0.1) is 0 Å². The smallest absolute Gasteiger partial charge is 0.331 e. The molecule has 4 nitrogen and oxygen atoms in total. The van der Waals surface area contributed by atoms with Crippen LogP contribution in [0.2, 0.25) is 0 Å². The maximum Gasteiger partial charge on any atom is 0.331 e. The summed E-state index contributed by atoms with van der Waals surface area (Å²) in [5.41, 5.74) is 1.84. The molecule has 0 radical (unpaired) electrons. The Labute approximate surface area is 105 Å². The van der Waals surface area contributed by atoms with Gasteiger partial charge in [0.1, 0.15) is 6.10 Å². The van der Waals surface area contributed by atoms with Crippen LogP contribution in [0.5, 0.6) is 11.5 Å². The molecule has 1 aliphatic rings. The molecule has 18 heavy (non-hydrogen) atoms. The van der Waals surface area contributed by atoms with Gasteiger partial charge in [0.15, 0.2) is 11.5 Å². The van der Waals surface area contributed by atoms with Crippen molar-refractivity contribution in [2.75, 3.05) is 0 Å². The summed E-state index contributed by atoms with van der Waals surface area (Å²) in [6.45, 7) is 1.99. The SMILES string of the molecule is CC1=CC(OC(=O)/C=C/c2ccc(O)c(O)c2)C1. The lowest BCUT2D eigenvalue weighted by atomic mass is 9.97. The van der Waals surface area contributed by atoms with E-state index >= 15 is 0 Å². The van der Waals surface area contributed by atoms with Crippen molar-refractivity contribution < 1.29 is 19.7 Å². The van der Waals surface area contributed by atoms with E-state index in [4.69, 9.17) is 9.84 Å². The van der Waals surface area contributed by atoms with Gasteiger partial charge < -0.3 is 14.9 Å². The maximum absolute atomic E-state index is 11.4. The topological polar surface area (TPSA) is 66.8 Å². The largest absolute Gasteiger partial charge is 0.504 e. The van der Waals surface area contributed by atoms with Crippen LogP contribution in [0.4, 0.5) is 0 Å². The second kappa shape index (κ2) is 4.96. The zero-order valence-corrected chi connectivity index (χ0v) is 9.96. The average molecular weight is 246 g/mol. The van der Waals surface area contributed by atoms with Crippen molar-refractivity contribution in [1.29, 1.82) is 0 Å². The molecule has 1 aromatic rings. The third-order valence-electron chi connectivity index (χ3n) is 2.67.